The summed E-state index contributed by atoms with van der Waals surface area (Å²) < 4.78 is 22.3. The monoisotopic (exact) mass is 697 g/mol. The number of hydrogen-bond donors (Lipinski definition) is 5. The Bertz CT molecular complexity index is 1760. The van der Waals surface area contributed by atoms with Gasteiger partial charge in [0, 0.05) is 48.8 Å². The second kappa shape index (κ2) is 14.3. The highest BCUT2D eigenvalue weighted by Crippen LogP contribution is 2.52. The van der Waals surface area contributed by atoms with Gasteiger partial charge in [-0.05, 0) is 25.8 Å². The van der Waals surface area contributed by atoms with E-state index in [0.29, 0.717) is 0 Å². The highest BCUT2D eigenvalue weighted by Gasteiger charge is 2.50. The van der Waals surface area contributed by atoms with Crippen LogP contribution in [0.15, 0.2) is 18.2 Å². The first-order valence-electron chi connectivity index (χ1n) is 16.1. The zero-order valence-corrected chi connectivity index (χ0v) is 27.9. The number of amides is 1. The fourth-order valence-electron chi connectivity index (χ4n) is 6.68. The molecule has 50 heavy (non-hydrogen) atoms. The Hall–Kier alpha value is -4.70. The first-order chi connectivity index (χ1) is 23.6. The van der Waals surface area contributed by atoms with E-state index in [2.05, 4.69) is 5.32 Å². The summed E-state index contributed by atoms with van der Waals surface area (Å²) in [5.74, 6) is -6.14. The highest BCUT2D eigenvalue weighted by atomic mass is 16.7. The standard InChI is InChI=1S/C35H39NO14/c1-15-10-25(49-17(3)30(15)41)50-21-12-35(46,22(38)14-48-24(40)13-36-23(39)9-8-16(2)37)11-19-27(21)34(45)29-28(32(19)43)31(42)18-6-5-7-20(47-4)26(18)33(29)44/h5-7,15,17,21,25,30,41,43,45-46H,8-14H2,1-4H3,(H,36,39)/t15?,17?,21-,25?,30?,35?/m0/s1. The molecule has 2 aromatic carbocycles. The molecule has 6 atom stereocenters. The maximum atomic E-state index is 13.9. The van der Waals surface area contributed by atoms with Crippen molar-refractivity contribution in [1.29, 1.82) is 0 Å². The van der Waals surface area contributed by atoms with Gasteiger partial charge in [-0.25, -0.2) is 0 Å². The number of aliphatic hydroxyl groups excluding tert-OH is 1. The van der Waals surface area contributed by atoms with Crippen LogP contribution in [-0.4, -0.2) is 99.8 Å². The Morgan fingerprint density at radius 2 is 1.72 bits per heavy atom. The van der Waals surface area contributed by atoms with E-state index in [0.717, 1.165) is 0 Å². The predicted octanol–water partition coefficient (Wildman–Crippen LogP) is 1.35. The first-order valence-corrected chi connectivity index (χ1v) is 16.1. The van der Waals surface area contributed by atoms with E-state index in [1.165, 1.54) is 32.2 Å². The van der Waals surface area contributed by atoms with E-state index in [9.17, 15) is 49.2 Å². The van der Waals surface area contributed by atoms with E-state index in [1.54, 1.807) is 13.8 Å². The number of ketones is 4. The molecule has 0 aromatic heterocycles. The van der Waals surface area contributed by atoms with Crippen LogP contribution < -0.4 is 10.1 Å². The molecule has 0 saturated carbocycles. The molecule has 268 valence electrons. The Balaban J connectivity index is 1.49. The van der Waals surface area contributed by atoms with Crippen LogP contribution in [0, 0.1) is 5.92 Å². The fourth-order valence-corrected chi connectivity index (χ4v) is 6.68. The number of carbonyl (C=O) groups is 6. The lowest BCUT2D eigenvalue weighted by atomic mass is 9.72. The molecule has 2 aliphatic carbocycles. The van der Waals surface area contributed by atoms with Crippen LogP contribution in [0.3, 0.4) is 0 Å². The Kier molecular flexibility index (Phi) is 10.4. The topological polar surface area (TPSA) is 232 Å². The van der Waals surface area contributed by atoms with Gasteiger partial charge in [0.25, 0.3) is 0 Å². The zero-order chi connectivity index (χ0) is 36.7. The molecule has 0 radical (unpaired) electrons. The van der Waals surface area contributed by atoms with E-state index >= 15 is 0 Å². The Morgan fingerprint density at radius 1 is 1.02 bits per heavy atom. The number of methoxy groups -OCH3 is 1. The van der Waals surface area contributed by atoms with Crippen LogP contribution in [0.1, 0.15) is 95.5 Å². The van der Waals surface area contributed by atoms with Crippen molar-refractivity contribution in [1.82, 2.24) is 5.32 Å². The number of aromatic hydroxyl groups is 2. The van der Waals surface area contributed by atoms with E-state index in [-0.39, 0.29) is 59.0 Å². The second-order valence-electron chi connectivity index (χ2n) is 13.0. The second-order valence-corrected chi connectivity index (χ2v) is 13.0. The van der Waals surface area contributed by atoms with Crippen molar-refractivity contribution in [2.45, 2.75) is 83.1 Å². The van der Waals surface area contributed by atoms with Crippen molar-refractivity contribution in [3.05, 3.63) is 51.6 Å². The van der Waals surface area contributed by atoms with E-state index < -0.39 is 108 Å². The summed E-state index contributed by atoms with van der Waals surface area (Å²) in [6.07, 6.45) is -5.16. The number of hydrogen-bond acceptors (Lipinski definition) is 14. The lowest BCUT2D eigenvalue weighted by Gasteiger charge is -2.42. The van der Waals surface area contributed by atoms with Crippen molar-refractivity contribution >= 4 is 35.0 Å². The zero-order valence-electron chi connectivity index (χ0n) is 27.9. The summed E-state index contributed by atoms with van der Waals surface area (Å²) in [6, 6.07) is 4.31. The van der Waals surface area contributed by atoms with Gasteiger partial charge in [0.2, 0.25) is 17.5 Å². The lowest BCUT2D eigenvalue weighted by Crippen LogP contribution is -2.49. The van der Waals surface area contributed by atoms with Crippen LogP contribution in [0.4, 0.5) is 0 Å². The fraction of sp³-hybridized carbons (Fsp3) is 0.486. The molecule has 1 fully saturated rings. The molecule has 0 spiro atoms. The first kappa shape index (κ1) is 36.6. The summed E-state index contributed by atoms with van der Waals surface area (Å²) in [6.45, 7) is 3.14. The molecule has 3 aliphatic rings. The SMILES string of the molecule is COc1cccc2c1C(=O)c1c(O)c3c(c(O)c1C2=O)CC(O)(C(=O)COC(=O)CNC(=O)CCC(C)=O)C[C@@H]3OC1CC(C)C(O)C(C)O1. The molecule has 1 amide bonds. The number of carbonyl (C=O) groups excluding carboxylic acids is 6. The minimum absolute atomic E-state index is 0.0204. The van der Waals surface area contributed by atoms with Crippen LogP contribution >= 0.6 is 0 Å². The number of esters is 1. The Morgan fingerprint density at radius 3 is 2.38 bits per heavy atom. The number of fused-ring (bicyclic) bond motifs is 3. The van der Waals surface area contributed by atoms with Gasteiger partial charge in [-0.1, -0.05) is 19.1 Å². The van der Waals surface area contributed by atoms with Gasteiger partial charge in [-0.15, -0.1) is 0 Å². The molecule has 1 aliphatic heterocycles. The number of ether oxygens (including phenoxy) is 4. The highest BCUT2D eigenvalue weighted by molar-refractivity contribution is 6.31. The number of phenols is 2. The molecule has 2 aromatic rings. The number of nitrogens with one attached hydrogen (secondary N) is 1. The molecular weight excluding hydrogens is 658 g/mol. The van der Waals surface area contributed by atoms with Gasteiger partial charge in [0.05, 0.1) is 42.1 Å². The molecule has 5 rings (SSSR count). The van der Waals surface area contributed by atoms with Crippen LogP contribution in [-0.2, 0) is 39.8 Å². The summed E-state index contributed by atoms with van der Waals surface area (Å²) in [5, 5.41) is 47.8. The Labute approximate surface area is 286 Å². The van der Waals surface area contributed by atoms with E-state index in [4.69, 9.17) is 18.9 Å². The molecule has 5 N–H and O–H groups in total. The predicted molar refractivity (Wildman–Crippen MR) is 170 cm³/mol. The molecule has 15 nitrogen and oxygen atoms in total. The maximum absolute atomic E-state index is 13.9. The summed E-state index contributed by atoms with van der Waals surface area (Å²) >= 11 is 0. The molecule has 15 heteroatoms. The maximum Gasteiger partial charge on any atom is 0.325 e. The third-order valence-electron chi connectivity index (χ3n) is 9.40. The van der Waals surface area contributed by atoms with Gasteiger partial charge < -0.3 is 49.5 Å². The molecular formula is C35H39NO14. The molecule has 1 heterocycles. The minimum Gasteiger partial charge on any atom is -0.507 e. The van der Waals surface area contributed by atoms with Crippen molar-refractivity contribution in [3.63, 3.8) is 0 Å². The van der Waals surface area contributed by atoms with Crippen LogP contribution in [0.25, 0.3) is 0 Å². The minimum atomic E-state index is -2.39. The van der Waals surface area contributed by atoms with Crippen molar-refractivity contribution < 1.29 is 68.1 Å². The normalized spacial score (nSPS) is 25.5. The van der Waals surface area contributed by atoms with Gasteiger partial charge >= 0.3 is 5.97 Å². The third kappa shape index (κ3) is 6.86. The number of aliphatic hydroxyl groups is 2. The van der Waals surface area contributed by atoms with Gasteiger partial charge in [-0.3, -0.25) is 24.0 Å². The van der Waals surface area contributed by atoms with Gasteiger partial charge in [0.1, 0.15) is 35.2 Å². The van der Waals surface area contributed by atoms with Crippen LogP contribution in [0.5, 0.6) is 17.2 Å². The lowest BCUT2D eigenvalue weighted by molar-refractivity contribution is -0.255. The number of phenolic OH excluding ortho intramolecular Hbond substituents is 2. The smallest absolute Gasteiger partial charge is 0.325 e. The van der Waals surface area contributed by atoms with Crippen molar-refractivity contribution in [2.75, 3.05) is 20.3 Å². The molecule has 5 unspecified atom stereocenters. The average molecular weight is 698 g/mol. The van der Waals surface area contributed by atoms with E-state index in [1.807, 2.05) is 0 Å². The summed E-state index contributed by atoms with van der Waals surface area (Å²) in [5.41, 5.74) is -4.05. The number of rotatable bonds is 11. The number of benzene rings is 2. The summed E-state index contributed by atoms with van der Waals surface area (Å²) in [4.78, 5) is 76.4. The third-order valence-corrected chi connectivity index (χ3v) is 9.40. The average Bonchev–Trinajstić information content (AvgIpc) is 3.07. The van der Waals surface area contributed by atoms with Crippen molar-refractivity contribution in [3.8, 4) is 17.2 Å². The van der Waals surface area contributed by atoms with Crippen molar-refractivity contribution in [2.24, 2.45) is 5.92 Å². The van der Waals surface area contributed by atoms with Crippen LogP contribution in [0.2, 0.25) is 0 Å². The quantitative estimate of drug-likeness (QED) is 0.141. The summed E-state index contributed by atoms with van der Waals surface area (Å²) in [7, 11) is 1.31. The van der Waals surface area contributed by atoms with Gasteiger partial charge in [-0.2, -0.15) is 0 Å². The molecule has 1 saturated heterocycles. The van der Waals surface area contributed by atoms with Gasteiger partial charge in [0.15, 0.2) is 18.7 Å². The molecule has 0 bridgehead atoms. The number of Topliss-reactive ketones (excluding diaryl/α,β-unsaturated/α-hetero) is 2. The largest absolute Gasteiger partial charge is 0.507 e.